The van der Waals surface area contributed by atoms with E-state index in [1.165, 1.54) is 24.3 Å². The molecule has 0 spiro atoms. The molecule has 0 radical (unpaired) electrons. The number of ether oxygens (including phenoxy) is 1. The van der Waals surface area contributed by atoms with E-state index in [1.54, 1.807) is 54.6 Å². The molecule has 48 heavy (non-hydrogen) atoms. The summed E-state index contributed by atoms with van der Waals surface area (Å²) in [5.74, 6) is -0.864. The average molecular weight is 717 g/mol. The van der Waals surface area contributed by atoms with Crippen molar-refractivity contribution in [3.05, 3.63) is 102 Å². The highest BCUT2D eigenvalue weighted by atomic mass is 32.2. The molecule has 1 unspecified atom stereocenters. The number of hydrogen-bond donors (Lipinski definition) is 4. The lowest BCUT2D eigenvalue weighted by atomic mass is 9.82. The Morgan fingerprint density at radius 1 is 0.729 bits per heavy atom. The Kier molecular flexibility index (Phi) is 10.5. The zero-order valence-electron chi connectivity index (χ0n) is 26.0. The lowest BCUT2D eigenvalue weighted by Crippen LogP contribution is -2.20. The Morgan fingerprint density at radius 3 is 2.08 bits per heavy atom. The molecule has 1 aliphatic rings. The van der Waals surface area contributed by atoms with E-state index < -0.39 is 54.7 Å². The summed E-state index contributed by atoms with van der Waals surface area (Å²) < 4.78 is 91.0. The molecule has 256 valence electrons. The minimum absolute atomic E-state index is 0.0710. The topological polar surface area (TPSA) is 188 Å². The third-order valence-electron chi connectivity index (χ3n) is 7.98. The van der Waals surface area contributed by atoms with Crippen molar-refractivity contribution in [2.24, 2.45) is 0 Å². The first-order valence-corrected chi connectivity index (χ1v) is 20.0. The van der Waals surface area contributed by atoms with Gasteiger partial charge in [-0.05, 0) is 48.9 Å². The molecule has 1 aliphatic heterocycles. The van der Waals surface area contributed by atoms with E-state index in [9.17, 15) is 34.9 Å². The minimum atomic E-state index is -4.61. The number of rotatable bonds is 14. The van der Waals surface area contributed by atoms with E-state index in [4.69, 9.17) is 9.84 Å². The maximum Gasteiger partial charge on any atom is 0.294 e. The molecule has 5 rings (SSSR count). The van der Waals surface area contributed by atoms with Crippen molar-refractivity contribution in [1.29, 1.82) is 0 Å². The molecular formula is C33H36N2O10S3. The van der Waals surface area contributed by atoms with E-state index in [-0.39, 0.29) is 27.8 Å². The first-order chi connectivity index (χ1) is 22.8. The van der Waals surface area contributed by atoms with Gasteiger partial charge in [-0.25, -0.2) is 16.8 Å². The monoisotopic (exact) mass is 716 g/mol. The molecule has 4 aromatic rings. The van der Waals surface area contributed by atoms with Gasteiger partial charge >= 0.3 is 0 Å². The summed E-state index contributed by atoms with van der Waals surface area (Å²) in [6.07, 6.45) is 0. The number of nitrogens with one attached hydrogen (secondary N) is 1. The number of fused-ring (bicyclic) bond motifs is 2. The quantitative estimate of drug-likeness (QED) is 0.121. The van der Waals surface area contributed by atoms with Crippen LogP contribution in [0.15, 0.2) is 94.7 Å². The zero-order chi connectivity index (χ0) is 34.7. The van der Waals surface area contributed by atoms with Gasteiger partial charge in [0.15, 0.2) is 19.7 Å². The molecule has 4 aromatic carbocycles. The molecule has 0 saturated carbocycles. The molecule has 0 fully saturated rings. The predicted molar refractivity (Wildman–Crippen MR) is 183 cm³/mol. The van der Waals surface area contributed by atoms with Crippen LogP contribution < -0.4 is 15.0 Å². The van der Waals surface area contributed by atoms with Crippen LogP contribution in [0, 0.1) is 0 Å². The van der Waals surface area contributed by atoms with Gasteiger partial charge < -0.3 is 25.2 Å². The van der Waals surface area contributed by atoms with Crippen LogP contribution in [-0.2, 0) is 29.8 Å². The fraction of sp³-hybridized carbons (Fsp3) is 0.273. The van der Waals surface area contributed by atoms with Gasteiger partial charge in [0.1, 0.15) is 11.5 Å². The highest BCUT2D eigenvalue weighted by Gasteiger charge is 2.33. The van der Waals surface area contributed by atoms with E-state index in [2.05, 4.69) is 5.32 Å². The fourth-order valence-electron chi connectivity index (χ4n) is 5.75. The Balaban J connectivity index is 1.59. The van der Waals surface area contributed by atoms with Gasteiger partial charge in [0.2, 0.25) is 0 Å². The van der Waals surface area contributed by atoms with Crippen molar-refractivity contribution in [3.63, 3.8) is 0 Å². The van der Waals surface area contributed by atoms with Crippen LogP contribution in [0.2, 0.25) is 0 Å². The Morgan fingerprint density at radius 2 is 1.40 bits per heavy atom. The van der Waals surface area contributed by atoms with Gasteiger partial charge in [-0.1, -0.05) is 36.4 Å². The third-order valence-corrected chi connectivity index (χ3v) is 12.2. The van der Waals surface area contributed by atoms with Gasteiger partial charge in [0, 0.05) is 59.3 Å². The van der Waals surface area contributed by atoms with Crippen LogP contribution in [0.3, 0.4) is 0 Å². The van der Waals surface area contributed by atoms with Crippen molar-refractivity contribution in [2.75, 3.05) is 53.8 Å². The molecule has 0 bridgehead atoms. The highest BCUT2D eigenvalue weighted by molar-refractivity contribution is 7.91. The normalized spacial score (nSPS) is 14.5. The second kappa shape index (κ2) is 14.2. The third kappa shape index (κ3) is 7.66. The average Bonchev–Trinajstić information content (AvgIpc) is 3.03. The molecule has 0 amide bonds. The molecule has 15 heteroatoms. The van der Waals surface area contributed by atoms with Gasteiger partial charge in [-0.15, -0.1) is 0 Å². The SMILES string of the molecule is CCN(c1cccc(S(=O)(=O)CCO)c1)c1ccc2c(c1)Oc1cc(NCCS(=O)(=O)CCO)ccc1C2c1ccccc1S(=O)(=O)O. The summed E-state index contributed by atoms with van der Waals surface area (Å²) in [4.78, 5) is 1.69. The molecule has 0 aliphatic carbocycles. The molecule has 0 aromatic heterocycles. The highest BCUT2D eigenvalue weighted by Crippen LogP contribution is 2.50. The summed E-state index contributed by atoms with van der Waals surface area (Å²) in [5.41, 5.74) is 3.34. The van der Waals surface area contributed by atoms with Gasteiger partial charge in [0.05, 0.1) is 40.3 Å². The lowest BCUT2D eigenvalue weighted by molar-refractivity contribution is 0.319. The number of hydrogen-bond acceptors (Lipinski definition) is 11. The maximum absolute atomic E-state index is 12.7. The summed E-state index contributed by atoms with van der Waals surface area (Å²) >= 11 is 0. The van der Waals surface area contributed by atoms with Crippen LogP contribution in [0.1, 0.15) is 29.5 Å². The summed E-state index contributed by atoms with van der Waals surface area (Å²) in [7, 11) is -11.8. The number of nitrogens with zero attached hydrogens (tertiary/aromatic N) is 1. The summed E-state index contributed by atoms with van der Waals surface area (Å²) in [6, 6.07) is 23.1. The van der Waals surface area contributed by atoms with Crippen LogP contribution in [0.25, 0.3) is 0 Å². The van der Waals surface area contributed by atoms with Gasteiger partial charge in [-0.2, -0.15) is 8.42 Å². The van der Waals surface area contributed by atoms with Crippen molar-refractivity contribution < 1.29 is 44.8 Å². The molecule has 4 N–H and O–H groups in total. The van der Waals surface area contributed by atoms with Gasteiger partial charge in [0.25, 0.3) is 10.1 Å². The van der Waals surface area contributed by atoms with Crippen LogP contribution in [0.5, 0.6) is 11.5 Å². The molecular weight excluding hydrogens is 681 g/mol. The molecule has 12 nitrogen and oxygen atoms in total. The van der Waals surface area contributed by atoms with Crippen molar-refractivity contribution in [1.82, 2.24) is 0 Å². The second-order valence-corrected chi connectivity index (χ2v) is 16.9. The Bertz CT molecular complexity index is 2140. The van der Waals surface area contributed by atoms with E-state index in [1.807, 2.05) is 17.9 Å². The van der Waals surface area contributed by atoms with E-state index >= 15 is 0 Å². The number of sulfone groups is 2. The second-order valence-electron chi connectivity index (χ2n) is 11.1. The van der Waals surface area contributed by atoms with Crippen LogP contribution in [-0.4, -0.2) is 83.6 Å². The Hall–Kier alpha value is -3.99. The molecule has 0 saturated heterocycles. The van der Waals surface area contributed by atoms with Crippen LogP contribution >= 0.6 is 0 Å². The van der Waals surface area contributed by atoms with Crippen LogP contribution in [0.4, 0.5) is 17.1 Å². The van der Waals surface area contributed by atoms with Crippen molar-refractivity contribution in [2.45, 2.75) is 22.6 Å². The summed E-state index contributed by atoms with van der Waals surface area (Å²) in [6.45, 7) is 1.45. The molecule has 1 atom stereocenters. The lowest BCUT2D eigenvalue weighted by Gasteiger charge is -2.32. The van der Waals surface area contributed by atoms with E-state index in [0.29, 0.717) is 51.8 Å². The maximum atomic E-state index is 12.7. The first-order valence-electron chi connectivity index (χ1n) is 15.1. The Labute approximate surface area is 280 Å². The van der Waals surface area contributed by atoms with E-state index in [0.717, 1.165) is 0 Å². The zero-order valence-corrected chi connectivity index (χ0v) is 28.4. The predicted octanol–water partition coefficient (Wildman–Crippen LogP) is 3.96. The minimum Gasteiger partial charge on any atom is -0.457 e. The number of aliphatic hydroxyl groups excluding tert-OH is 2. The summed E-state index contributed by atoms with van der Waals surface area (Å²) in [5, 5.41) is 21.3. The smallest absolute Gasteiger partial charge is 0.294 e. The first kappa shape index (κ1) is 35.3. The molecule has 1 heterocycles. The number of benzene rings is 4. The number of aliphatic hydroxyl groups is 2. The largest absolute Gasteiger partial charge is 0.457 e. The van der Waals surface area contributed by atoms with Crippen molar-refractivity contribution in [3.8, 4) is 11.5 Å². The fourth-order valence-corrected chi connectivity index (χ4v) is 8.45. The number of anilines is 3. The van der Waals surface area contributed by atoms with Gasteiger partial charge in [-0.3, -0.25) is 4.55 Å². The van der Waals surface area contributed by atoms with Crippen molar-refractivity contribution >= 4 is 46.9 Å². The standard InChI is InChI=1S/C33H36N2O10S3/c1-2-35(24-6-5-7-26(21-24)47(40,41)19-16-37)25-11-13-28-31(22-25)45-30-20-23(34-14-17-46(38,39)18-15-36)10-12-27(30)33(28)29-8-3-4-9-32(29)48(42,43)44/h3-13,20-22,33-34,36-37H,2,14-19H2,1H3,(H,42,43,44).